The molecule has 0 spiro atoms. The van der Waals surface area contributed by atoms with Crippen LogP contribution in [0, 0.1) is 0 Å². The second-order valence-electron chi connectivity index (χ2n) is 8.34. The number of carbonyl (C=O) groups is 1. The quantitative estimate of drug-likeness (QED) is 0.604. The van der Waals surface area contributed by atoms with Crippen molar-refractivity contribution in [2.75, 3.05) is 51.1 Å². The minimum absolute atomic E-state index is 0.177. The lowest BCUT2D eigenvalue weighted by molar-refractivity contribution is 0.0614. The monoisotopic (exact) mass is 491 g/mol. The fourth-order valence-electron chi connectivity index (χ4n) is 4.22. The first kappa shape index (κ1) is 25.8. The summed E-state index contributed by atoms with van der Waals surface area (Å²) in [5.41, 5.74) is 2.56. The molecule has 9 nitrogen and oxygen atoms in total. The summed E-state index contributed by atoms with van der Waals surface area (Å²) in [6.45, 7) is 7.45. The Balaban J connectivity index is 2.03. The van der Waals surface area contributed by atoms with Crippen LogP contribution in [-0.2, 0) is 22.4 Å². The third kappa shape index (κ3) is 5.15. The summed E-state index contributed by atoms with van der Waals surface area (Å²) in [7, 11) is 5.24. The Kier molecular flexibility index (Phi) is 8.43. The van der Waals surface area contributed by atoms with Gasteiger partial charge in [-0.05, 0) is 38.5 Å². The topological polar surface area (TPSA) is 88.9 Å². The van der Waals surface area contributed by atoms with Gasteiger partial charge in [0.2, 0.25) is 0 Å². The highest BCUT2D eigenvalue weighted by Crippen LogP contribution is 2.31. The first-order chi connectivity index (χ1) is 16.2. The molecule has 1 fully saturated rings. The zero-order chi connectivity index (χ0) is 25.0. The van der Waals surface area contributed by atoms with Gasteiger partial charge in [-0.3, -0.25) is 9.36 Å². The van der Waals surface area contributed by atoms with Crippen LogP contribution < -0.4 is 15.8 Å². The van der Waals surface area contributed by atoms with Crippen LogP contribution in [-0.4, -0.2) is 73.6 Å². The van der Waals surface area contributed by atoms with Gasteiger partial charge >= 0.3 is 6.09 Å². The average molecular weight is 492 g/mol. The third-order valence-electron chi connectivity index (χ3n) is 6.01. The van der Waals surface area contributed by atoms with Crippen LogP contribution in [0.1, 0.15) is 26.5 Å². The summed E-state index contributed by atoms with van der Waals surface area (Å²) in [6.07, 6.45) is -0.133. The van der Waals surface area contributed by atoms with Gasteiger partial charge in [0, 0.05) is 45.0 Å². The SMILES string of the molecule is CCO[C@H]1CN(C(=O)OC)CC1Nc1c(CC)nc(-c2ccc(N(C)C)cc2Cl)n(CC)c1=O. The fraction of sp³-hybridized carbons (Fsp3) is 0.542. The molecule has 2 heterocycles. The number of hydrogen-bond donors (Lipinski definition) is 1. The van der Waals surface area contributed by atoms with E-state index in [0.717, 1.165) is 5.69 Å². The van der Waals surface area contributed by atoms with Crippen molar-refractivity contribution in [2.45, 2.75) is 45.9 Å². The van der Waals surface area contributed by atoms with Crippen molar-refractivity contribution in [3.05, 3.63) is 39.3 Å². The van der Waals surface area contributed by atoms with Crippen LogP contribution in [0.25, 0.3) is 11.4 Å². The second-order valence-corrected chi connectivity index (χ2v) is 8.75. The number of methoxy groups -OCH3 is 1. The van der Waals surface area contributed by atoms with Crippen LogP contribution in [0.5, 0.6) is 0 Å². The Morgan fingerprint density at radius 2 is 2.00 bits per heavy atom. The molecule has 1 aliphatic heterocycles. The molecule has 1 aromatic carbocycles. The van der Waals surface area contributed by atoms with Gasteiger partial charge in [0.05, 0.1) is 36.5 Å². The van der Waals surface area contributed by atoms with E-state index in [-0.39, 0.29) is 17.7 Å². The zero-order valence-corrected chi connectivity index (χ0v) is 21.5. The van der Waals surface area contributed by atoms with Gasteiger partial charge < -0.3 is 24.6 Å². The molecule has 1 saturated heterocycles. The number of benzene rings is 1. The number of amides is 1. The molecule has 1 amide bonds. The van der Waals surface area contributed by atoms with Crippen LogP contribution in [0.15, 0.2) is 23.0 Å². The van der Waals surface area contributed by atoms with Gasteiger partial charge in [-0.2, -0.15) is 0 Å². The third-order valence-corrected chi connectivity index (χ3v) is 6.33. The van der Waals surface area contributed by atoms with Crippen molar-refractivity contribution >= 4 is 29.1 Å². The standard InChI is InChI=1S/C24H34ClN5O4/c1-7-18-21(26-19-13-29(24(32)33-6)14-20(19)34-9-3)23(31)30(8-2)22(27-18)16-11-10-15(28(4)5)12-17(16)25/h10-12,19-20,26H,7-9,13-14H2,1-6H3/t19?,20-/m0/s1. The van der Waals surface area contributed by atoms with Crippen molar-refractivity contribution in [1.29, 1.82) is 0 Å². The maximum absolute atomic E-state index is 13.6. The van der Waals surface area contributed by atoms with Crippen molar-refractivity contribution in [3.63, 3.8) is 0 Å². The summed E-state index contributed by atoms with van der Waals surface area (Å²) in [5.74, 6) is 0.536. The Hall–Kier alpha value is -2.78. The number of likely N-dealkylation sites (tertiary alicyclic amines) is 1. The predicted molar refractivity (Wildman–Crippen MR) is 135 cm³/mol. The number of anilines is 2. The molecule has 1 aliphatic rings. The van der Waals surface area contributed by atoms with Crippen LogP contribution >= 0.6 is 11.6 Å². The van der Waals surface area contributed by atoms with E-state index < -0.39 is 6.09 Å². The lowest BCUT2D eigenvalue weighted by Crippen LogP contribution is -2.38. The fourth-order valence-corrected chi connectivity index (χ4v) is 4.48. The van der Waals surface area contributed by atoms with Gasteiger partial charge in [-0.1, -0.05) is 18.5 Å². The van der Waals surface area contributed by atoms with Gasteiger partial charge in [0.15, 0.2) is 0 Å². The second kappa shape index (κ2) is 11.1. The van der Waals surface area contributed by atoms with Gasteiger partial charge in [-0.25, -0.2) is 9.78 Å². The molecule has 3 rings (SSSR count). The summed E-state index contributed by atoms with van der Waals surface area (Å²) < 4.78 is 12.4. The molecule has 2 aromatic rings. The molecule has 186 valence electrons. The van der Waals surface area contributed by atoms with E-state index >= 15 is 0 Å². The molecule has 10 heteroatoms. The molecule has 1 N–H and O–H groups in total. The molecule has 0 radical (unpaired) electrons. The Labute approximate surface area is 205 Å². The van der Waals surface area contributed by atoms with E-state index in [0.29, 0.717) is 60.5 Å². The van der Waals surface area contributed by atoms with Crippen molar-refractivity contribution in [2.24, 2.45) is 0 Å². The maximum atomic E-state index is 13.6. The summed E-state index contributed by atoms with van der Waals surface area (Å²) >= 11 is 6.61. The van der Waals surface area contributed by atoms with Crippen molar-refractivity contribution in [1.82, 2.24) is 14.5 Å². The summed E-state index contributed by atoms with van der Waals surface area (Å²) in [4.78, 5) is 34.1. The van der Waals surface area contributed by atoms with Crippen molar-refractivity contribution < 1.29 is 14.3 Å². The normalized spacial score (nSPS) is 17.7. The highest BCUT2D eigenvalue weighted by molar-refractivity contribution is 6.33. The molecule has 1 unspecified atom stereocenters. The minimum atomic E-state index is -0.417. The predicted octanol–water partition coefficient (Wildman–Crippen LogP) is 3.48. The first-order valence-corrected chi connectivity index (χ1v) is 11.9. The van der Waals surface area contributed by atoms with E-state index in [1.165, 1.54) is 7.11 Å². The number of carbonyl (C=O) groups excluding carboxylic acids is 1. The summed E-state index contributed by atoms with van der Waals surface area (Å²) in [6, 6.07) is 5.46. The number of nitrogens with zero attached hydrogens (tertiary/aromatic N) is 4. The number of nitrogens with one attached hydrogen (secondary N) is 1. The van der Waals surface area contributed by atoms with Gasteiger partial charge in [-0.15, -0.1) is 0 Å². The maximum Gasteiger partial charge on any atom is 0.409 e. The van der Waals surface area contributed by atoms with Crippen molar-refractivity contribution in [3.8, 4) is 11.4 Å². The molecule has 2 atom stereocenters. The highest BCUT2D eigenvalue weighted by atomic mass is 35.5. The van der Waals surface area contributed by atoms with E-state index in [1.807, 2.05) is 58.0 Å². The lowest BCUT2D eigenvalue weighted by Gasteiger charge is -2.23. The molecule has 1 aromatic heterocycles. The number of aromatic nitrogens is 2. The minimum Gasteiger partial charge on any atom is -0.453 e. The number of aryl methyl sites for hydroxylation is 1. The molecule has 0 bridgehead atoms. The number of ether oxygens (including phenoxy) is 2. The zero-order valence-electron chi connectivity index (χ0n) is 20.7. The molecular weight excluding hydrogens is 458 g/mol. The van der Waals surface area contributed by atoms with Gasteiger partial charge in [0.1, 0.15) is 11.5 Å². The first-order valence-electron chi connectivity index (χ1n) is 11.6. The molecule has 0 saturated carbocycles. The van der Waals surface area contributed by atoms with Crippen LogP contribution in [0.4, 0.5) is 16.2 Å². The molecular formula is C24H34ClN5O4. The highest BCUT2D eigenvalue weighted by Gasteiger charge is 2.37. The Morgan fingerprint density at radius 1 is 1.26 bits per heavy atom. The largest absolute Gasteiger partial charge is 0.453 e. The Bertz CT molecular complexity index is 1090. The smallest absolute Gasteiger partial charge is 0.409 e. The van der Waals surface area contributed by atoms with E-state index in [9.17, 15) is 9.59 Å². The van der Waals surface area contributed by atoms with E-state index in [1.54, 1.807) is 9.47 Å². The van der Waals surface area contributed by atoms with E-state index in [4.69, 9.17) is 26.1 Å². The number of rotatable bonds is 8. The molecule has 34 heavy (non-hydrogen) atoms. The average Bonchev–Trinajstić information content (AvgIpc) is 3.22. The van der Waals surface area contributed by atoms with E-state index in [2.05, 4.69) is 5.32 Å². The Morgan fingerprint density at radius 3 is 2.56 bits per heavy atom. The number of halogens is 1. The van der Waals surface area contributed by atoms with Crippen LogP contribution in [0.3, 0.4) is 0 Å². The lowest BCUT2D eigenvalue weighted by atomic mass is 10.1. The van der Waals surface area contributed by atoms with Gasteiger partial charge in [0.25, 0.3) is 5.56 Å². The molecule has 0 aliphatic carbocycles. The number of hydrogen-bond acceptors (Lipinski definition) is 7. The van der Waals surface area contributed by atoms with Crippen LogP contribution in [0.2, 0.25) is 5.02 Å². The summed E-state index contributed by atoms with van der Waals surface area (Å²) in [5, 5.41) is 3.89.